The Morgan fingerprint density at radius 1 is 0.556 bits per heavy atom. The summed E-state index contributed by atoms with van der Waals surface area (Å²) in [6.45, 7) is 6.84. The molecule has 0 aliphatic carbocycles. The van der Waals surface area contributed by atoms with Crippen LogP contribution in [-0.4, -0.2) is 28.7 Å². The fraction of sp³-hybridized carbons (Fsp3) is 0.154. The Labute approximate surface area is 263 Å². The summed E-state index contributed by atoms with van der Waals surface area (Å²) >= 11 is 0. The van der Waals surface area contributed by atoms with Gasteiger partial charge in [-0.2, -0.15) is 0 Å². The van der Waals surface area contributed by atoms with Crippen LogP contribution in [-0.2, 0) is 13.1 Å². The number of carbonyl (C=O) groups excluding carboxylic acids is 3. The van der Waals surface area contributed by atoms with Crippen LogP contribution in [0.5, 0.6) is 11.5 Å². The van der Waals surface area contributed by atoms with Crippen molar-refractivity contribution in [2.24, 2.45) is 0 Å². The number of benzene rings is 5. The minimum Gasteiger partial charge on any atom is -0.419 e. The van der Waals surface area contributed by atoms with E-state index in [0.29, 0.717) is 29.8 Å². The lowest BCUT2D eigenvalue weighted by Crippen LogP contribution is -2.38. The van der Waals surface area contributed by atoms with Crippen molar-refractivity contribution >= 4 is 17.7 Å². The number of ketones is 1. The summed E-state index contributed by atoms with van der Waals surface area (Å²) in [5, 5.41) is 0. The maximum Gasteiger partial charge on any atom is 0.343 e. The van der Waals surface area contributed by atoms with E-state index >= 15 is 0 Å². The maximum atomic E-state index is 14.0. The number of carbonyl (C=O) groups is 3. The van der Waals surface area contributed by atoms with Gasteiger partial charge < -0.3 is 9.47 Å². The monoisotopic (exact) mass is 597 g/mol. The van der Waals surface area contributed by atoms with E-state index in [1.807, 2.05) is 106 Å². The molecule has 1 unspecified atom stereocenters. The second-order valence-corrected chi connectivity index (χ2v) is 11.1. The third-order valence-corrected chi connectivity index (χ3v) is 7.59. The van der Waals surface area contributed by atoms with Crippen LogP contribution in [0.2, 0.25) is 0 Å². The number of esters is 2. The van der Waals surface area contributed by atoms with Gasteiger partial charge >= 0.3 is 11.9 Å². The molecular weight excluding hydrogens is 562 g/mol. The van der Waals surface area contributed by atoms with Crippen molar-refractivity contribution in [2.45, 2.75) is 39.9 Å². The van der Waals surface area contributed by atoms with Crippen LogP contribution in [0.4, 0.5) is 0 Å². The molecule has 45 heavy (non-hydrogen) atoms. The highest BCUT2D eigenvalue weighted by atomic mass is 16.6. The number of hydrogen-bond donors (Lipinski definition) is 0. The predicted molar refractivity (Wildman–Crippen MR) is 175 cm³/mol. The predicted octanol–water partition coefficient (Wildman–Crippen LogP) is 8.02. The fourth-order valence-electron chi connectivity index (χ4n) is 4.89. The molecule has 5 aromatic rings. The minimum atomic E-state index is -0.630. The standard InChI is InChI=1S/C39H35NO5/c1-27-14-18-32(19-15-27)38(42)44-35-23-22-34(24-36(35)45-39(43)33-20-16-28(2)17-21-33)37(41)29(3)40(25-30-10-6-4-7-11-30)26-31-12-8-5-9-13-31/h4-24,29H,25-26H2,1-3H3. The van der Waals surface area contributed by atoms with Crippen LogP contribution in [0.15, 0.2) is 127 Å². The number of rotatable bonds is 11. The van der Waals surface area contributed by atoms with Gasteiger partial charge in [-0.1, -0.05) is 96.1 Å². The van der Waals surface area contributed by atoms with Gasteiger partial charge in [0.1, 0.15) is 0 Å². The Bertz CT molecular complexity index is 1720. The molecule has 0 radical (unpaired) electrons. The van der Waals surface area contributed by atoms with Gasteiger partial charge in [-0.25, -0.2) is 9.59 Å². The van der Waals surface area contributed by atoms with E-state index in [1.165, 1.54) is 12.1 Å². The number of ether oxygens (including phenoxy) is 2. The van der Waals surface area contributed by atoms with E-state index in [4.69, 9.17) is 9.47 Å². The van der Waals surface area contributed by atoms with Gasteiger partial charge in [-0.3, -0.25) is 9.69 Å². The van der Waals surface area contributed by atoms with Gasteiger partial charge in [-0.15, -0.1) is 0 Å². The topological polar surface area (TPSA) is 72.9 Å². The van der Waals surface area contributed by atoms with Crippen molar-refractivity contribution in [1.29, 1.82) is 0 Å². The lowest BCUT2D eigenvalue weighted by molar-refractivity contribution is 0.0681. The van der Waals surface area contributed by atoms with E-state index in [2.05, 4.69) is 4.90 Å². The molecule has 0 aliphatic heterocycles. The molecule has 6 heteroatoms. The molecule has 0 amide bonds. The first-order chi connectivity index (χ1) is 21.8. The third kappa shape index (κ3) is 8.19. The molecule has 0 N–H and O–H groups in total. The summed E-state index contributed by atoms with van der Waals surface area (Å²) < 4.78 is 11.5. The lowest BCUT2D eigenvalue weighted by atomic mass is 10.0. The molecule has 0 saturated carbocycles. The Morgan fingerprint density at radius 3 is 1.44 bits per heavy atom. The van der Waals surface area contributed by atoms with Crippen LogP contribution in [0.25, 0.3) is 0 Å². The molecule has 0 aromatic heterocycles. The fourth-order valence-corrected chi connectivity index (χ4v) is 4.89. The first kappa shape index (κ1) is 31.1. The minimum absolute atomic E-state index is 0.0169. The highest BCUT2D eigenvalue weighted by Crippen LogP contribution is 2.31. The molecule has 0 spiro atoms. The molecule has 0 bridgehead atoms. The molecular formula is C39H35NO5. The van der Waals surface area contributed by atoms with Gasteiger partial charge in [0.05, 0.1) is 17.2 Å². The molecule has 226 valence electrons. The van der Waals surface area contributed by atoms with Crippen molar-refractivity contribution in [2.75, 3.05) is 0 Å². The van der Waals surface area contributed by atoms with Gasteiger partial charge in [-0.05, 0) is 74.4 Å². The van der Waals surface area contributed by atoms with Gasteiger partial charge in [0, 0.05) is 18.7 Å². The van der Waals surface area contributed by atoms with Crippen molar-refractivity contribution in [3.63, 3.8) is 0 Å². The Kier molecular flexibility index (Phi) is 9.97. The Balaban J connectivity index is 1.45. The third-order valence-electron chi connectivity index (χ3n) is 7.59. The molecule has 0 heterocycles. The second-order valence-electron chi connectivity index (χ2n) is 11.1. The van der Waals surface area contributed by atoms with Crippen LogP contribution < -0.4 is 9.47 Å². The molecule has 5 aromatic carbocycles. The second kappa shape index (κ2) is 14.4. The van der Waals surface area contributed by atoms with E-state index < -0.39 is 18.0 Å². The molecule has 6 nitrogen and oxygen atoms in total. The Hall–Kier alpha value is -5.33. The zero-order chi connectivity index (χ0) is 31.8. The number of hydrogen-bond acceptors (Lipinski definition) is 6. The van der Waals surface area contributed by atoms with E-state index in [-0.39, 0.29) is 17.3 Å². The number of aryl methyl sites for hydroxylation is 2. The number of Topliss-reactive ketones (excluding diaryl/α,β-unsaturated/α-hetero) is 1. The van der Waals surface area contributed by atoms with Crippen LogP contribution >= 0.6 is 0 Å². The van der Waals surface area contributed by atoms with E-state index in [0.717, 1.165) is 22.3 Å². The van der Waals surface area contributed by atoms with Crippen molar-refractivity contribution in [3.05, 3.63) is 166 Å². The quantitative estimate of drug-likeness (QED) is 0.0872. The zero-order valence-electron chi connectivity index (χ0n) is 25.6. The van der Waals surface area contributed by atoms with Crippen LogP contribution in [0.3, 0.4) is 0 Å². The summed E-state index contributed by atoms with van der Waals surface area (Å²) in [5.41, 5.74) is 5.18. The van der Waals surface area contributed by atoms with Gasteiger partial charge in [0.15, 0.2) is 17.3 Å². The summed E-state index contributed by atoms with van der Waals surface area (Å²) in [4.78, 5) is 42.3. The van der Waals surface area contributed by atoms with Crippen molar-refractivity contribution < 1.29 is 23.9 Å². The average molecular weight is 598 g/mol. The summed E-state index contributed by atoms with van der Waals surface area (Å²) in [6, 6.07) is 38.0. The molecule has 0 fully saturated rings. The van der Waals surface area contributed by atoms with Crippen LogP contribution in [0, 0.1) is 13.8 Å². The zero-order valence-corrected chi connectivity index (χ0v) is 25.6. The molecule has 1 atom stereocenters. The maximum absolute atomic E-state index is 14.0. The van der Waals surface area contributed by atoms with Crippen molar-refractivity contribution in [1.82, 2.24) is 4.90 Å². The van der Waals surface area contributed by atoms with E-state index in [9.17, 15) is 14.4 Å². The van der Waals surface area contributed by atoms with Gasteiger partial charge in [0.25, 0.3) is 0 Å². The highest BCUT2D eigenvalue weighted by Gasteiger charge is 2.25. The normalized spacial score (nSPS) is 11.6. The largest absolute Gasteiger partial charge is 0.419 e. The Morgan fingerprint density at radius 2 is 0.978 bits per heavy atom. The highest BCUT2D eigenvalue weighted by molar-refractivity contribution is 6.01. The lowest BCUT2D eigenvalue weighted by Gasteiger charge is -2.28. The first-order valence-corrected chi connectivity index (χ1v) is 14.8. The molecule has 0 aliphatic rings. The summed E-state index contributed by atoms with van der Waals surface area (Å²) in [7, 11) is 0. The van der Waals surface area contributed by atoms with Crippen LogP contribution in [0.1, 0.15) is 60.3 Å². The number of nitrogens with zero attached hydrogens (tertiary/aromatic N) is 1. The molecule has 5 rings (SSSR count). The van der Waals surface area contributed by atoms with Crippen molar-refractivity contribution in [3.8, 4) is 11.5 Å². The first-order valence-electron chi connectivity index (χ1n) is 14.8. The average Bonchev–Trinajstić information content (AvgIpc) is 3.06. The molecule has 0 saturated heterocycles. The SMILES string of the molecule is Cc1ccc(C(=O)Oc2ccc(C(=O)C(C)N(Cc3ccccc3)Cc3ccccc3)cc2OC(=O)c2ccc(C)cc2)cc1. The summed E-state index contributed by atoms with van der Waals surface area (Å²) in [5.74, 6) is -1.37. The van der Waals surface area contributed by atoms with Gasteiger partial charge in [0.2, 0.25) is 0 Å². The summed E-state index contributed by atoms with van der Waals surface area (Å²) in [6.07, 6.45) is 0. The smallest absolute Gasteiger partial charge is 0.343 e. The van der Waals surface area contributed by atoms with E-state index in [1.54, 1.807) is 30.3 Å².